The second-order valence-corrected chi connectivity index (χ2v) is 4.74. The van der Waals surface area contributed by atoms with Crippen molar-refractivity contribution in [2.45, 2.75) is 0 Å². The van der Waals surface area contributed by atoms with Crippen molar-refractivity contribution in [3.63, 3.8) is 0 Å². The van der Waals surface area contributed by atoms with Crippen LogP contribution in [-0.2, 0) is 0 Å². The number of aromatic nitrogens is 2. The molecule has 0 spiro atoms. The van der Waals surface area contributed by atoms with Gasteiger partial charge in [0, 0.05) is 24.0 Å². The first-order valence-corrected chi connectivity index (χ1v) is 6.93. The Labute approximate surface area is 136 Å². The van der Waals surface area contributed by atoms with E-state index in [1.807, 2.05) is 0 Å². The van der Waals surface area contributed by atoms with E-state index in [1.54, 1.807) is 18.2 Å². The minimum atomic E-state index is -0.853. The molecule has 0 aliphatic carbocycles. The molecule has 0 unspecified atom stereocenters. The zero-order valence-corrected chi connectivity index (χ0v) is 12.2. The summed E-state index contributed by atoms with van der Waals surface area (Å²) in [5.41, 5.74) is 0.131. The highest BCUT2D eigenvalue weighted by molar-refractivity contribution is 6.04. The van der Waals surface area contributed by atoms with Gasteiger partial charge in [-0.15, -0.1) is 0 Å². The minimum Gasteiger partial charge on any atom is -0.424 e. The maximum Gasteiger partial charge on any atom is 0.321 e. The van der Waals surface area contributed by atoms with Gasteiger partial charge in [-0.2, -0.15) is 0 Å². The number of carbonyl (C=O) groups is 1. The molecule has 7 heteroatoms. The minimum absolute atomic E-state index is 0.112. The molecular weight excluding hydrogens is 316 g/mol. The van der Waals surface area contributed by atoms with E-state index in [1.165, 1.54) is 24.5 Å². The molecule has 0 fully saturated rings. The molecule has 0 bridgehead atoms. The second-order valence-electron chi connectivity index (χ2n) is 4.74. The molecule has 0 aliphatic rings. The second kappa shape index (κ2) is 6.82. The zero-order chi connectivity index (χ0) is 16.9. The predicted octanol–water partition coefficient (Wildman–Crippen LogP) is 3.80. The van der Waals surface area contributed by atoms with E-state index in [0.29, 0.717) is 11.8 Å². The third-order valence-electron chi connectivity index (χ3n) is 3.03. The lowest BCUT2D eigenvalue weighted by molar-refractivity contribution is 0.102. The molecule has 120 valence electrons. The Morgan fingerprint density at radius 2 is 1.79 bits per heavy atom. The van der Waals surface area contributed by atoms with E-state index in [4.69, 9.17) is 4.74 Å². The lowest BCUT2D eigenvalue weighted by Crippen LogP contribution is -2.13. The van der Waals surface area contributed by atoms with Gasteiger partial charge in [-0.1, -0.05) is 6.07 Å². The lowest BCUT2D eigenvalue weighted by Gasteiger charge is -2.08. The van der Waals surface area contributed by atoms with Crippen molar-refractivity contribution < 1.29 is 18.3 Å². The molecule has 0 radical (unpaired) electrons. The normalized spacial score (nSPS) is 10.2. The number of ether oxygens (including phenoxy) is 1. The molecule has 0 saturated heterocycles. The van der Waals surface area contributed by atoms with Gasteiger partial charge in [-0.25, -0.2) is 18.7 Å². The number of amides is 1. The Morgan fingerprint density at radius 1 is 1.00 bits per heavy atom. The van der Waals surface area contributed by atoms with Crippen LogP contribution in [0.2, 0.25) is 0 Å². The predicted molar refractivity (Wildman–Crippen MR) is 82.9 cm³/mol. The summed E-state index contributed by atoms with van der Waals surface area (Å²) < 4.78 is 31.9. The van der Waals surface area contributed by atoms with Crippen molar-refractivity contribution in [2.24, 2.45) is 0 Å². The van der Waals surface area contributed by atoms with E-state index in [2.05, 4.69) is 15.3 Å². The maximum atomic E-state index is 13.6. The summed E-state index contributed by atoms with van der Waals surface area (Å²) in [5.74, 6) is -1.77. The number of rotatable bonds is 4. The Bertz CT molecular complexity index is 873. The van der Waals surface area contributed by atoms with Gasteiger partial charge >= 0.3 is 6.01 Å². The summed E-state index contributed by atoms with van der Waals surface area (Å²) in [5, 5.41) is 2.38. The van der Waals surface area contributed by atoms with Crippen LogP contribution in [-0.4, -0.2) is 15.9 Å². The average molecular weight is 327 g/mol. The summed E-state index contributed by atoms with van der Waals surface area (Å²) >= 11 is 0. The quantitative estimate of drug-likeness (QED) is 0.791. The number of hydrogen-bond acceptors (Lipinski definition) is 4. The summed E-state index contributed by atoms with van der Waals surface area (Å²) in [6, 6.07) is 10.9. The van der Waals surface area contributed by atoms with Gasteiger partial charge in [-0.3, -0.25) is 4.79 Å². The van der Waals surface area contributed by atoms with Gasteiger partial charge in [0.1, 0.15) is 17.4 Å². The van der Waals surface area contributed by atoms with Crippen LogP contribution >= 0.6 is 0 Å². The molecule has 5 nitrogen and oxygen atoms in total. The van der Waals surface area contributed by atoms with Crippen molar-refractivity contribution in [3.8, 4) is 11.8 Å². The number of hydrogen-bond donors (Lipinski definition) is 1. The standard InChI is InChI=1S/C17H11F2N3O2/c18-12-5-6-15(14(19)10-12)22-16(23)11-3-1-4-13(9-11)24-17-20-7-2-8-21-17/h1-10H,(H,22,23). The highest BCUT2D eigenvalue weighted by Crippen LogP contribution is 2.20. The number of halogens is 2. The Morgan fingerprint density at radius 3 is 2.54 bits per heavy atom. The first-order chi connectivity index (χ1) is 11.6. The van der Waals surface area contributed by atoms with Crippen LogP contribution in [0, 0.1) is 11.6 Å². The van der Waals surface area contributed by atoms with Crippen LogP contribution in [0.4, 0.5) is 14.5 Å². The van der Waals surface area contributed by atoms with Gasteiger partial charge in [0.25, 0.3) is 5.91 Å². The van der Waals surface area contributed by atoms with Crippen molar-refractivity contribution in [3.05, 3.63) is 78.1 Å². The molecule has 24 heavy (non-hydrogen) atoms. The molecule has 0 aliphatic heterocycles. The summed E-state index contributed by atoms with van der Waals surface area (Å²) in [4.78, 5) is 20.0. The molecule has 1 heterocycles. The molecule has 1 amide bonds. The molecule has 1 aromatic heterocycles. The molecule has 1 N–H and O–H groups in total. The van der Waals surface area contributed by atoms with Crippen LogP contribution in [0.25, 0.3) is 0 Å². The molecule has 3 rings (SSSR count). The van der Waals surface area contributed by atoms with Crippen LogP contribution in [0.5, 0.6) is 11.8 Å². The Kier molecular flexibility index (Phi) is 4.42. The molecule has 0 atom stereocenters. The monoisotopic (exact) mass is 327 g/mol. The van der Waals surface area contributed by atoms with E-state index in [0.717, 1.165) is 12.1 Å². The van der Waals surface area contributed by atoms with Gasteiger partial charge < -0.3 is 10.1 Å². The Balaban J connectivity index is 1.77. The fraction of sp³-hybridized carbons (Fsp3) is 0. The van der Waals surface area contributed by atoms with Gasteiger partial charge in [0.05, 0.1) is 5.69 Å². The van der Waals surface area contributed by atoms with Crippen LogP contribution in [0.1, 0.15) is 10.4 Å². The van der Waals surface area contributed by atoms with Crippen molar-refractivity contribution >= 4 is 11.6 Å². The summed E-state index contributed by atoms with van der Waals surface area (Å²) in [6.45, 7) is 0. The molecule has 2 aromatic carbocycles. The Hall–Kier alpha value is -3.35. The fourth-order valence-corrected chi connectivity index (χ4v) is 1.93. The smallest absolute Gasteiger partial charge is 0.321 e. The average Bonchev–Trinajstić information content (AvgIpc) is 2.58. The topological polar surface area (TPSA) is 64.1 Å². The lowest BCUT2D eigenvalue weighted by atomic mass is 10.2. The molecule has 3 aromatic rings. The third-order valence-corrected chi connectivity index (χ3v) is 3.03. The zero-order valence-electron chi connectivity index (χ0n) is 12.2. The molecular formula is C17H11F2N3O2. The van der Waals surface area contributed by atoms with E-state index in [9.17, 15) is 13.6 Å². The first kappa shape index (κ1) is 15.5. The number of benzene rings is 2. The number of nitrogens with one attached hydrogen (secondary N) is 1. The summed E-state index contributed by atoms with van der Waals surface area (Å²) in [7, 11) is 0. The van der Waals surface area contributed by atoms with E-state index in [-0.39, 0.29) is 17.3 Å². The number of carbonyl (C=O) groups excluding carboxylic acids is 1. The first-order valence-electron chi connectivity index (χ1n) is 6.93. The highest BCUT2D eigenvalue weighted by Gasteiger charge is 2.11. The van der Waals surface area contributed by atoms with Crippen LogP contribution in [0.3, 0.4) is 0 Å². The van der Waals surface area contributed by atoms with E-state index >= 15 is 0 Å². The fourth-order valence-electron chi connectivity index (χ4n) is 1.93. The van der Waals surface area contributed by atoms with E-state index < -0.39 is 17.5 Å². The summed E-state index contributed by atoms with van der Waals surface area (Å²) in [6.07, 6.45) is 3.05. The van der Waals surface area contributed by atoms with Crippen LogP contribution < -0.4 is 10.1 Å². The number of anilines is 1. The highest BCUT2D eigenvalue weighted by atomic mass is 19.1. The SMILES string of the molecule is O=C(Nc1ccc(F)cc1F)c1cccc(Oc2ncccn2)c1. The largest absolute Gasteiger partial charge is 0.424 e. The van der Waals surface area contributed by atoms with Gasteiger partial charge in [0.15, 0.2) is 0 Å². The number of nitrogens with zero attached hydrogens (tertiary/aromatic N) is 2. The van der Waals surface area contributed by atoms with Crippen molar-refractivity contribution in [2.75, 3.05) is 5.32 Å². The van der Waals surface area contributed by atoms with Crippen molar-refractivity contribution in [1.82, 2.24) is 9.97 Å². The van der Waals surface area contributed by atoms with Gasteiger partial charge in [-0.05, 0) is 36.4 Å². The van der Waals surface area contributed by atoms with Crippen LogP contribution in [0.15, 0.2) is 60.9 Å². The van der Waals surface area contributed by atoms with Gasteiger partial charge in [0.2, 0.25) is 0 Å². The maximum absolute atomic E-state index is 13.6. The molecule has 0 saturated carbocycles. The third kappa shape index (κ3) is 3.70. The van der Waals surface area contributed by atoms with Crippen molar-refractivity contribution in [1.29, 1.82) is 0 Å².